The molecule has 2 rings (SSSR count). The van der Waals surface area contributed by atoms with Gasteiger partial charge >= 0.3 is 21.6 Å². The van der Waals surface area contributed by atoms with Crippen LogP contribution in [-0.4, -0.2) is 25.9 Å². The van der Waals surface area contributed by atoms with Crippen molar-refractivity contribution < 1.29 is 35.9 Å². The summed E-state index contributed by atoms with van der Waals surface area (Å²) in [5.41, 5.74) is -4.95. The maximum absolute atomic E-state index is 12.3. The molecule has 28 heavy (non-hydrogen) atoms. The summed E-state index contributed by atoms with van der Waals surface area (Å²) in [6, 6.07) is 12.3. The van der Waals surface area contributed by atoms with Crippen molar-refractivity contribution >= 4 is 50.3 Å². The summed E-state index contributed by atoms with van der Waals surface area (Å²) in [4.78, 5) is 23.6. The molecule has 0 radical (unpaired) electrons. The number of hydrogen-bond donors (Lipinski definition) is 2. The van der Waals surface area contributed by atoms with Gasteiger partial charge in [0.05, 0.1) is 5.69 Å². The van der Waals surface area contributed by atoms with Crippen molar-refractivity contribution in [1.29, 1.82) is 0 Å². The first-order chi connectivity index (χ1) is 13.0. The molecule has 0 spiro atoms. The average Bonchev–Trinajstić information content (AvgIpc) is 2.61. The molecule has 0 aliphatic heterocycles. The van der Waals surface area contributed by atoms with Crippen molar-refractivity contribution in [2.75, 3.05) is 5.32 Å². The van der Waals surface area contributed by atoms with E-state index in [1.807, 2.05) is 6.07 Å². The second-order valence-corrected chi connectivity index (χ2v) is 8.10. The number of hydrogen-bond acceptors (Lipinski definition) is 5. The highest BCUT2D eigenvalue weighted by molar-refractivity contribution is 14.1. The van der Waals surface area contributed by atoms with E-state index in [0.717, 1.165) is 22.4 Å². The number of carbonyl (C=O) groups excluding carboxylic acids is 2. The molecule has 0 bridgehead atoms. The molecule has 150 valence electrons. The number of anilines is 1. The fraction of sp³-hybridized carbons (Fsp3) is 0.125. The van der Waals surface area contributed by atoms with Gasteiger partial charge in [-0.2, -0.15) is 21.6 Å². The molecule has 2 amide bonds. The maximum atomic E-state index is 12.3. The van der Waals surface area contributed by atoms with E-state index in [4.69, 9.17) is 4.74 Å². The molecule has 0 heterocycles. The molecule has 0 saturated carbocycles. The van der Waals surface area contributed by atoms with Crippen LogP contribution in [0.1, 0.15) is 15.9 Å². The average molecular weight is 528 g/mol. The van der Waals surface area contributed by atoms with Gasteiger partial charge in [0, 0.05) is 9.13 Å². The normalized spacial score (nSPS) is 11.6. The zero-order valence-electron chi connectivity index (χ0n) is 13.8. The number of ether oxygens (including phenoxy) is 1. The lowest BCUT2D eigenvalue weighted by Crippen LogP contribution is -2.40. The van der Waals surface area contributed by atoms with Crippen LogP contribution in [0.3, 0.4) is 0 Å². The summed E-state index contributed by atoms with van der Waals surface area (Å²) in [6.45, 7) is 0.0268. The Hall–Kier alpha value is -2.35. The number of alkyl halides is 3. The van der Waals surface area contributed by atoms with Gasteiger partial charge in [-0.25, -0.2) is 9.52 Å². The van der Waals surface area contributed by atoms with Crippen LogP contribution in [0.15, 0.2) is 48.5 Å². The van der Waals surface area contributed by atoms with Gasteiger partial charge in [-0.15, -0.1) is 0 Å². The summed E-state index contributed by atoms with van der Waals surface area (Å²) in [6.07, 6.45) is -0.779. The monoisotopic (exact) mass is 528 g/mol. The van der Waals surface area contributed by atoms with Crippen LogP contribution >= 0.6 is 22.6 Å². The Balaban J connectivity index is 2.01. The van der Waals surface area contributed by atoms with Crippen LogP contribution in [0.4, 0.5) is 23.7 Å². The summed E-state index contributed by atoms with van der Waals surface area (Å²) >= 11 is 1.72. The quantitative estimate of drug-likeness (QED) is 0.578. The summed E-state index contributed by atoms with van der Waals surface area (Å²) in [5.74, 6) is -1.45. The molecule has 0 fully saturated rings. The third kappa shape index (κ3) is 5.82. The van der Waals surface area contributed by atoms with Gasteiger partial charge in [-0.1, -0.05) is 30.3 Å². The van der Waals surface area contributed by atoms with Gasteiger partial charge in [0.25, 0.3) is 5.91 Å². The van der Waals surface area contributed by atoms with Crippen molar-refractivity contribution in [3.05, 3.63) is 63.2 Å². The Morgan fingerprint density at radius 2 is 1.71 bits per heavy atom. The van der Waals surface area contributed by atoms with Gasteiger partial charge in [-0.05, 0) is 46.4 Å². The van der Waals surface area contributed by atoms with E-state index in [0.29, 0.717) is 0 Å². The number of amides is 2. The highest BCUT2D eigenvalue weighted by Gasteiger charge is 2.47. The minimum atomic E-state index is -5.81. The molecule has 0 aliphatic carbocycles. The van der Waals surface area contributed by atoms with E-state index in [1.54, 1.807) is 46.9 Å². The highest BCUT2D eigenvalue weighted by atomic mass is 127. The van der Waals surface area contributed by atoms with E-state index < -0.39 is 27.5 Å². The fourth-order valence-corrected chi connectivity index (χ4v) is 2.99. The number of rotatable bonds is 5. The highest BCUT2D eigenvalue weighted by Crippen LogP contribution is 2.23. The predicted molar refractivity (Wildman–Crippen MR) is 102 cm³/mol. The first kappa shape index (κ1) is 21.9. The molecule has 7 nitrogen and oxygen atoms in total. The lowest BCUT2D eigenvalue weighted by molar-refractivity contribution is -0.0446. The summed E-state index contributed by atoms with van der Waals surface area (Å²) < 4.78 is 65.2. The molecule has 2 aromatic rings. The molecule has 2 N–H and O–H groups in total. The Kier molecular flexibility index (Phi) is 6.87. The van der Waals surface area contributed by atoms with Crippen LogP contribution in [0.2, 0.25) is 0 Å². The Bertz CT molecular complexity index is 982. The minimum Gasteiger partial charge on any atom is -0.444 e. The SMILES string of the molecule is O=C(Nc1ccc(C(=O)NS(=O)(=O)C(F)(F)F)cc1I)OCc1ccccc1. The first-order valence-electron chi connectivity index (χ1n) is 7.40. The van der Waals surface area contributed by atoms with E-state index in [2.05, 4.69) is 5.32 Å². The molecular formula is C16H12F3IN2O5S. The molecule has 0 aromatic heterocycles. The Morgan fingerprint density at radius 3 is 2.29 bits per heavy atom. The van der Waals surface area contributed by atoms with Crippen LogP contribution < -0.4 is 10.0 Å². The van der Waals surface area contributed by atoms with Crippen LogP contribution in [0.5, 0.6) is 0 Å². The van der Waals surface area contributed by atoms with E-state index >= 15 is 0 Å². The van der Waals surface area contributed by atoms with Gasteiger partial charge in [-0.3, -0.25) is 10.1 Å². The molecule has 0 saturated heterocycles. The molecule has 0 atom stereocenters. The number of carbonyl (C=O) groups is 2. The van der Waals surface area contributed by atoms with Crippen molar-refractivity contribution in [2.24, 2.45) is 0 Å². The van der Waals surface area contributed by atoms with Crippen LogP contribution in [0.25, 0.3) is 0 Å². The van der Waals surface area contributed by atoms with Crippen molar-refractivity contribution in [3.8, 4) is 0 Å². The van der Waals surface area contributed by atoms with Gasteiger partial charge < -0.3 is 4.74 Å². The zero-order valence-corrected chi connectivity index (χ0v) is 16.8. The fourth-order valence-electron chi connectivity index (χ4n) is 1.87. The van der Waals surface area contributed by atoms with Crippen LogP contribution in [0, 0.1) is 3.57 Å². The zero-order chi connectivity index (χ0) is 20.9. The molecule has 0 unspecified atom stereocenters. The minimum absolute atomic E-state index is 0.0268. The first-order valence-corrected chi connectivity index (χ1v) is 9.96. The number of benzene rings is 2. The lowest BCUT2D eigenvalue weighted by Gasteiger charge is -2.11. The summed E-state index contributed by atoms with van der Waals surface area (Å²) in [5, 5.41) is 2.42. The van der Waals surface area contributed by atoms with Gasteiger partial charge in [0.1, 0.15) is 6.61 Å². The number of sulfonamides is 1. The van der Waals surface area contributed by atoms with Crippen molar-refractivity contribution in [3.63, 3.8) is 0 Å². The smallest absolute Gasteiger partial charge is 0.444 e. The standard InChI is InChI=1S/C16H12F3IN2O5S/c17-16(18,19)28(25,26)22-14(23)11-6-7-13(12(20)8-11)21-15(24)27-9-10-4-2-1-3-5-10/h1-8H,9H2,(H,21,24)(H,22,23). The van der Waals surface area contributed by atoms with Gasteiger partial charge in [0.15, 0.2) is 0 Å². The second kappa shape index (κ2) is 8.77. The largest absolute Gasteiger partial charge is 0.516 e. The van der Waals surface area contributed by atoms with Gasteiger partial charge in [0.2, 0.25) is 0 Å². The Labute approximate surface area is 171 Å². The third-order valence-corrected chi connectivity index (χ3v) is 5.17. The Morgan fingerprint density at radius 1 is 1.07 bits per heavy atom. The second-order valence-electron chi connectivity index (χ2n) is 5.26. The molecule has 12 heteroatoms. The summed E-state index contributed by atoms with van der Waals surface area (Å²) in [7, 11) is -5.81. The molecule has 0 aliphatic rings. The predicted octanol–water partition coefficient (Wildman–Crippen LogP) is 3.62. The van der Waals surface area contributed by atoms with Crippen molar-refractivity contribution in [2.45, 2.75) is 12.1 Å². The maximum Gasteiger partial charge on any atom is 0.516 e. The third-order valence-electron chi connectivity index (χ3n) is 3.21. The van der Waals surface area contributed by atoms with Crippen molar-refractivity contribution in [1.82, 2.24) is 4.72 Å². The van der Waals surface area contributed by atoms with E-state index in [-0.39, 0.29) is 21.4 Å². The molecular weight excluding hydrogens is 516 g/mol. The molecule has 2 aromatic carbocycles. The van der Waals surface area contributed by atoms with E-state index in [1.165, 1.54) is 6.07 Å². The lowest BCUT2D eigenvalue weighted by atomic mass is 10.2. The number of halogens is 4. The van der Waals surface area contributed by atoms with Crippen LogP contribution in [-0.2, 0) is 21.4 Å². The van der Waals surface area contributed by atoms with E-state index in [9.17, 15) is 31.2 Å². The topological polar surface area (TPSA) is 102 Å². The number of nitrogens with one attached hydrogen (secondary N) is 2.